The first-order valence-electron chi connectivity index (χ1n) is 9.44. The van der Waals surface area contributed by atoms with Gasteiger partial charge in [0.25, 0.3) is 0 Å². The van der Waals surface area contributed by atoms with E-state index in [1.54, 1.807) is 0 Å². The molecule has 2 amide bonds. The van der Waals surface area contributed by atoms with E-state index in [0.29, 0.717) is 38.1 Å². The fraction of sp³-hybridized carbons (Fsp3) is 0.632. The zero-order chi connectivity index (χ0) is 22.4. The smallest absolute Gasteiger partial charge is 0.372 e. The highest BCUT2D eigenvalue weighted by Crippen LogP contribution is 2.38. The van der Waals surface area contributed by atoms with Crippen molar-refractivity contribution in [2.45, 2.75) is 56.2 Å². The van der Waals surface area contributed by atoms with Crippen molar-refractivity contribution in [2.75, 3.05) is 19.7 Å². The van der Waals surface area contributed by atoms with Crippen molar-refractivity contribution in [1.29, 1.82) is 0 Å². The molecule has 5 nitrogen and oxygen atoms in total. The van der Waals surface area contributed by atoms with Gasteiger partial charge in [0.15, 0.2) is 0 Å². The molecule has 0 unspecified atom stereocenters. The van der Waals surface area contributed by atoms with E-state index >= 15 is 0 Å². The van der Waals surface area contributed by atoms with Crippen molar-refractivity contribution in [3.05, 3.63) is 34.9 Å². The summed E-state index contributed by atoms with van der Waals surface area (Å²) in [6.45, 7) is 4.33. The summed E-state index contributed by atoms with van der Waals surface area (Å²) in [6, 6.07) is 1.23. The van der Waals surface area contributed by atoms with Crippen molar-refractivity contribution >= 4 is 6.03 Å². The molecule has 2 saturated heterocycles. The van der Waals surface area contributed by atoms with Gasteiger partial charge in [-0.15, -0.1) is 0 Å². The number of piperidine rings is 1. The molecule has 1 spiro atoms. The number of rotatable bonds is 4. The molecule has 11 heteroatoms. The van der Waals surface area contributed by atoms with Crippen LogP contribution in [0.3, 0.4) is 0 Å². The molecule has 3 N–H and O–H groups in total. The van der Waals surface area contributed by atoms with Crippen molar-refractivity contribution < 1.29 is 35.9 Å². The largest absolute Gasteiger partial charge is 0.416 e. The van der Waals surface area contributed by atoms with Crippen LogP contribution in [0.2, 0.25) is 0 Å². The van der Waals surface area contributed by atoms with Crippen LogP contribution in [0.4, 0.5) is 31.1 Å². The molecular weight excluding hydrogens is 416 g/mol. The van der Waals surface area contributed by atoms with Gasteiger partial charge in [-0.25, -0.2) is 4.79 Å². The zero-order valence-corrected chi connectivity index (χ0v) is 16.4. The number of urea groups is 1. The average Bonchev–Trinajstić information content (AvgIpc) is 3.02. The topological polar surface area (TPSA) is 62.4 Å². The van der Waals surface area contributed by atoms with Crippen LogP contribution in [-0.2, 0) is 17.1 Å². The van der Waals surface area contributed by atoms with Crippen LogP contribution >= 0.6 is 0 Å². The molecule has 0 aliphatic carbocycles. The minimum Gasteiger partial charge on any atom is -0.372 e. The monoisotopic (exact) mass is 439 g/mol. The van der Waals surface area contributed by atoms with E-state index in [2.05, 4.69) is 16.0 Å². The first kappa shape index (κ1) is 22.7. The third-order valence-electron chi connectivity index (χ3n) is 5.71. The minimum atomic E-state index is -4.90. The summed E-state index contributed by atoms with van der Waals surface area (Å²) in [5, 5.41) is 8.87. The average molecular weight is 439 g/mol. The molecule has 3 rings (SSSR count). The lowest BCUT2D eigenvalue weighted by Crippen LogP contribution is -2.63. The van der Waals surface area contributed by atoms with E-state index in [1.807, 2.05) is 6.92 Å². The number of amides is 2. The third-order valence-corrected chi connectivity index (χ3v) is 5.71. The van der Waals surface area contributed by atoms with Crippen molar-refractivity contribution in [3.63, 3.8) is 0 Å². The third kappa shape index (κ3) is 5.00. The fourth-order valence-corrected chi connectivity index (χ4v) is 3.65. The summed E-state index contributed by atoms with van der Waals surface area (Å²) in [5.74, 6) is 0. The van der Waals surface area contributed by atoms with Gasteiger partial charge in [0, 0.05) is 18.6 Å². The van der Waals surface area contributed by atoms with E-state index in [4.69, 9.17) is 4.74 Å². The van der Waals surface area contributed by atoms with E-state index < -0.39 is 40.7 Å². The SMILES string of the molecule is C[C@@H](OC[C@@]1(C)CC[C@]2(CNC(=O)N2)CN1)c1cc(C(F)(F)F)cc(C(F)(F)F)c1. The number of ether oxygens (including phenoxy) is 1. The molecule has 0 saturated carbocycles. The normalized spacial score (nSPS) is 28.3. The molecule has 0 bridgehead atoms. The van der Waals surface area contributed by atoms with E-state index in [1.165, 1.54) is 6.92 Å². The van der Waals surface area contributed by atoms with E-state index in [9.17, 15) is 31.1 Å². The van der Waals surface area contributed by atoms with Gasteiger partial charge in [-0.05, 0) is 50.5 Å². The number of nitrogens with one attached hydrogen (secondary N) is 3. The Kier molecular flexibility index (Phi) is 5.74. The maximum absolute atomic E-state index is 13.1. The van der Waals surface area contributed by atoms with Crippen LogP contribution in [-0.4, -0.2) is 36.8 Å². The van der Waals surface area contributed by atoms with Crippen LogP contribution in [0.25, 0.3) is 0 Å². The van der Waals surface area contributed by atoms with Gasteiger partial charge >= 0.3 is 18.4 Å². The quantitative estimate of drug-likeness (QED) is 0.622. The number of carbonyl (C=O) groups excluding carboxylic acids is 1. The molecule has 3 atom stereocenters. The lowest BCUT2D eigenvalue weighted by Gasteiger charge is -2.43. The first-order chi connectivity index (χ1) is 13.7. The Labute approximate surface area is 169 Å². The molecule has 0 aromatic heterocycles. The second-order valence-electron chi connectivity index (χ2n) is 8.29. The molecule has 1 aromatic carbocycles. The van der Waals surface area contributed by atoms with Crippen LogP contribution in [0.5, 0.6) is 0 Å². The number of hydrogen-bond donors (Lipinski definition) is 3. The van der Waals surface area contributed by atoms with Crippen LogP contribution in [0.15, 0.2) is 18.2 Å². The molecule has 168 valence electrons. The Hall–Kier alpha value is -2.01. The molecule has 2 heterocycles. The highest BCUT2D eigenvalue weighted by atomic mass is 19.4. The summed E-state index contributed by atoms with van der Waals surface area (Å²) < 4.78 is 84.0. The lowest BCUT2D eigenvalue weighted by atomic mass is 9.81. The Bertz CT molecular complexity index is 768. The van der Waals surface area contributed by atoms with Crippen molar-refractivity contribution in [2.24, 2.45) is 0 Å². The Morgan fingerprint density at radius 2 is 1.63 bits per heavy atom. The van der Waals surface area contributed by atoms with E-state index in [-0.39, 0.29) is 24.3 Å². The summed E-state index contributed by atoms with van der Waals surface area (Å²) >= 11 is 0. The Morgan fingerprint density at radius 1 is 1.03 bits per heavy atom. The highest BCUT2D eigenvalue weighted by Gasteiger charge is 2.44. The van der Waals surface area contributed by atoms with Gasteiger partial charge < -0.3 is 20.7 Å². The lowest BCUT2D eigenvalue weighted by molar-refractivity contribution is -0.143. The standard InChI is InChI=1S/C19H23F6N3O2/c1-11(12-5-13(18(20,21)22)7-14(6-12)19(23,24)25)30-10-16(2)3-4-17(9-27-16)8-26-15(29)28-17/h5-7,11,27H,3-4,8-10H2,1-2H3,(H2,26,28,29)/t11-,16-,17+/m1/s1. The number of carbonyl (C=O) groups is 1. The van der Waals surface area contributed by atoms with Crippen LogP contribution in [0, 0.1) is 0 Å². The van der Waals surface area contributed by atoms with Gasteiger partial charge in [-0.2, -0.15) is 26.3 Å². The number of hydrogen-bond acceptors (Lipinski definition) is 3. The van der Waals surface area contributed by atoms with Gasteiger partial charge in [0.05, 0.1) is 29.4 Å². The predicted octanol–water partition coefficient (Wildman–Crippen LogP) is 4.00. The van der Waals surface area contributed by atoms with Crippen LogP contribution < -0.4 is 16.0 Å². The zero-order valence-electron chi connectivity index (χ0n) is 16.4. The summed E-state index contributed by atoms with van der Waals surface area (Å²) in [7, 11) is 0. The molecule has 2 fully saturated rings. The summed E-state index contributed by atoms with van der Waals surface area (Å²) in [4.78, 5) is 11.4. The van der Waals surface area contributed by atoms with Gasteiger partial charge in [0.1, 0.15) is 0 Å². The second kappa shape index (κ2) is 7.60. The maximum Gasteiger partial charge on any atom is 0.416 e. The van der Waals surface area contributed by atoms with Gasteiger partial charge in [-0.3, -0.25) is 0 Å². The van der Waals surface area contributed by atoms with Crippen LogP contribution in [0.1, 0.15) is 49.5 Å². The fourth-order valence-electron chi connectivity index (χ4n) is 3.65. The number of alkyl halides is 6. The van der Waals surface area contributed by atoms with E-state index in [0.717, 1.165) is 0 Å². The molecular formula is C19H23F6N3O2. The second-order valence-corrected chi connectivity index (χ2v) is 8.29. The highest BCUT2D eigenvalue weighted by molar-refractivity contribution is 5.77. The van der Waals surface area contributed by atoms with Gasteiger partial charge in [0.2, 0.25) is 0 Å². The van der Waals surface area contributed by atoms with Crippen molar-refractivity contribution in [3.8, 4) is 0 Å². The predicted molar refractivity (Wildman–Crippen MR) is 95.7 cm³/mol. The maximum atomic E-state index is 13.1. The van der Waals surface area contributed by atoms with Gasteiger partial charge in [-0.1, -0.05) is 0 Å². The molecule has 1 aromatic rings. The summed E-state index contributed by atoms with van der Waals surface area (Å²) in [5.41, 5.74) is -3.85. The first-order valence-corrected chi connectivity index (χ1v) is 9.44. The number of benzene rings is 1. The molecule has 2 aliphatic rings. The molecule has 2 aliphatic heterocycles. The Balaban J connectivity index is 1.69. The molecule has 30 heavy (non-hydrogen) atoms. The minimum absolute atomic E-state index is 0.0865. The Morgan fingerprint density at radius 3 is 2.07 bits per heavy atom. The molecule has 0 radical (unpaired) electrons. The van der Waals surface area contributed by atoms with Crippen molar-refractivity contribution in [1.82, 2.24) is 16.0 Å². The summed E-state index contributed by atoms with van der Waals surface area (Å²) in [6.07, 6.45) is -9.51. The number of halogens is 6.